The van der Waals surface area contributed by atoms with Crippen LogP contribution in [0.1, 0.15) is 76.5 Å². The molecule has 0 saturated carbocycles. The summed E-state index contributed by atoms with van der Waals surface area (Å²) < 4.78 is 23.6. The quantitative estimate of drug-likeness (QED) is 0.133. The van der Waals surface area contributed by atoms with E-state index in [1.807, 2.05) is 49.4 Å². The van der Waals surface area contributed by atoms with Crippen LogP contribution in [-0.4, -0.2) is 74.5 Å². The predicted octanol–water partition coefficient (Wildman–Crippen LogP) is 6.77. The molecule has 0 bridgehead atoms. The maximum Gasteiger partial charge on any atom is 0.264 e. The molecule has 2 fully saturated rings. The Morgan fingerprint density at radius 3 is 2.57 bits per heavy atom. The van der Waals surface area contributed by atoms with E-state index in [4.69, 9.17) is 4.74 Å². The first-order chi connectivity index (χ1) is 25.2. The van der Waals surface area contributed by atoms with Crippen molar-refractivity contribution in [1.29, 1.82) is 0 Å². The van der Waals surface area contributed by atoms with Crippen LogP contribution in [0.4, 0.5) is 15.5 Å². The zero-order chi connectivity index (χ0) is 38.1. The molecule has 0 radical (unpaired) electrons. The zero-order valence-electron chi connectivity index (χ0n) is 32.2. The number of hydrogen-bond acceptors (Lipinski definition) is 6. The highest BCUT2D eigenvalue weighted by atomic mass is 28.4. The molecule has 53 heavy (non-hydrogen) atoms. The van der Waals surface area contributed by atoms with Crippen LogP contribution in [0.3, 0.4) is 0 Å². The van der Waals surface area contributed by atoms with E-state index >= 15 is 4.11 Å². The van der Waals surface area contributed by atoms with E-state index in [2.05, 4.69) is 43.6 Å². The van der Waals surface area contributed by atoms with Crippen molar-refractivity contribution in [2.75, 3.05) is 36.5 Å². The molecule has 4 aliphatic rings. The van der Waals surface area contributed by atoms with Crippen molar-refractivity contribution in [3.8, 4) is 0 Å². The summed E-state index contributed by atoms with van der Waals surface area (Å²) in [5, 5.41) is 16.7. The Morgan fingerprint density at radius 1 is 1.13 bits per heavy atom. The van der Waals surface area contributed by atoms with Crippen molar-refractivity contribution >= 4 is 37.5 Å². The van der Waals surface area contributed by atoms with Gasteiger partial charge < -0.3 is 34.4 Å². The molecule has 4 aliphatic heterocycles. The molecule has 1 unspecified atom stereocenters. The van der Waals surface area contributed by atoms with Gasteiger partial charge in [-0.15, -0.1) is 0 Å². The van der Waals surface area contributed by atoms with E-state index in [1.54, 1.807) is 22.9 Å². The molecule has 4 heterocycles. The van der Waals surface area contributed by atoms with Crippen molar-refractivity contribution < 1.29 is 28.3 Å². The van der Waals surface area contributed by atoms with Crippen molar-refractivity contribution in [2.45, 2.75) is 109 Å². The number of carbonyl (C=O) groups excluding carboxylic acids is 3. The van der Waals surface area contributed by atoms with Gasteiger partial charge in [0, 0.05) is 42.3 Å². The van der Waals surface area contributed by atoms with E-state index in [9.17, 15) is 19.5 Å². The number of halogens is 1. The van der Waals surface area contributed by atoms with Gasteiger partial charge in [0.2, 0.25) is 20.2 Å². The molecule has 0 aromatic heterocycles. The van der Waals surface area contributed by atoms with Gasteiger partial charge >= 0.3 is 0 Å². The first-order valence-corrected chi connectivity index (χ1v) is 22.3. The third-order valence-electron chi connectivity index (χ3n) is 11.9. The molecule has 3 amide bonds. The summed E-state index contributed by atoms with van der Waals surface area (Å²) in [5.74, 6) is -1.33. The summed E-state index contributed by atoms with van der Waals surface area (Å²) in [4.78, 5) is 45.9. The van der Waals surface area contributed by atoms with Crippen LogP contribution in [0, 0.1) is 11.8 Å². The lowest BCUT2D eigenvalue weighted by Gasteiger charge is -2.37. The fourth-order valence-corrected chi connectivity index (χ4v) is 11.6. The molecule has 0 aliphatic carbocycles. The minimum Gasteiger partial charge on any atom is -0.394 e. The molecular weight excluding hydrogens is 688 g/mol. The molecule has 2 aromatic rings. The van der Waals surface area contributed by atoms with Crippen molar-refractivity contribution in [2.24, 2.45) is 11.8 Å². The minimum absolute atomic E-state index is 0.0807. The summed E-state index contributed by atoms with van der Waals surface area (Å²) in [5.41, 5.74) is 4.17. The van der Waals surface area contributed by atoms with Crippen molar-refractivity contribution in [1.82, 2.24) is 10.2 Å². The van der Waals surface area contributed by atoms with Gasteiger partial charge in [0.1, 0.15) is 0 Å². The molecular formula is C42H57FN4O5Si. The second-order valence-electron chi connectivity index (χ2n) is 16.4. The second-order valence-corrected chi connectivity index (χ2v) is 20.2. The van der Waals surface area contributed by atoms with Crippen LogP contribution in [0.15, 0.2) is 65.8 Å². The van der Waals surface area contributed by atoms with Gasteiger partial charge in [-0.3, -0.25) is 14.4 Å². The number of amides is 3. The van der Waals surface area contributed by atoms with E-state index < -0.39 is 37.6 Å². The summed E-state index contributed by atoms with van der Waals surface area (Å²) in [6.45, 7) is 13.4. The summed E-state index contributed by atoms with van der Waals surface area (Å²) in [7, 11) is -3.55. The Hall–Kier alpha value is -3.64. The van der Waals surface area contributed by atoms with E-state index in [0.29, 0.717) is 43.0 Å². The maximum atomic E-state index is 16.6. The number of carbonyl (C=O) groups is 3. The molecule has 2 aromatic carbocycles. The van der Waals surface area contributed by atoms with Gasteiger partial charge in [0.05, 0.1) is 36.8 Å². The van der Waals surface area contributed by atoms with Crippen LogP contribution in [0.5, 0.6) is 0 Å². The summed E-state index contributed by atoms with van der Waals surface area (Å²) >= 11 is 0. The van der Waals surface area contributed by atoms with E-state index in [1.165, 1.54) is 5.57 Å². The lowest BCUT2D eigenvalue weighted by atomic mass is 9.82. The Labute approximate surface area is 315 Å². The first-order valence-electron chi connectivity index (χ1n) is 19.4. The fourth-order valence-electron chi connectivity index (χ4n) is 9.10. The van der Waals surface area contributed by atoms with Crippen LogP contribution in [0.2, 0.25) is 18.6 Å². The van der Waals surface area contributed by atoms with Crippen LogP contribution >= 0.6 is 0 Å². The number of anilines is 2. The lowest BCUT2D eigenvalue weighted by molar-refractivity contribution is -0.150. The highest BCUT2D eigenvalue weighted by Gasteiger charge is 2.67. The molecule has 286 valence electrons. The molecule has 6 rings (SSSR count). The molecule has 6 atom stereocenters. The Morgan fingerprint density at radius 2 is 1.89 bits per heavy atom. The number of nitrogens with zero attached hydrogens (tertiary/aromatic N) is 2. The minimum atomic E-state index is -3.55. The molecule has 1 spiro atoms. The van der Waals surface area contributed by atoms with E-state index in [-0.39, 0.29) is 36.7 Å². The Kier molecular flexibility index (Phi) is 11.8. The average molecular weight is 745 g/mol. The highest BCUT2D eigenvalue weighted by Crippen LogP contribution is 2.60. The normalized spacial score (nSPS) is 27.1. The summed E-state index contributed by atoms with van der Waals surface area (Å²) in [6, 6.07) is 13.0. The molecule has 11 heteroatoms. The Balaban J connectivity index is 1.34. The summed E-state index contributed by atoms with van der Waals surface area (Å²) in [6.07, 6.45) is 7.34. The SMILES string of the molecule is CC(C)=CCC/C(C)=C/CN1C(=O)[C@]2(O[C@H](CC(=O)N3Cc4ccccc4C[C@H]3CO)[C@@H]([Si](C)(C)F)[C@@H]2C)c2cc(NC(=O)C3CCCNC3)ccc21. The molecule has 3 N–H and O–H groups in total. The largest absolute Gasteiger partial charge is 0.394 e. The number of piperidine rings is 1. The van der Waals surface area contributed by atoms with Crippen LogP contribution in [0.25, 0.3) is 0 Å². The Bertz CT molecular complexity index is 1760. The monoisotopic (exact) mass is 744 g/mol. The van der Waals surface area contributed by atoms with Gasteiger partial charge in [0.15, 0.2) is 5.60 Å². The molecule has 2 saturated heterocycles. The van der Waals surface area contributed by atoms with Gasteiger partial charge in [-0.1, -0.05) is 54.5 Å². The predicted molar refractivity (Wildman–Crippen MR) is 210 cm³/mol. The number of ether oxygens (including phenoxy) is 1. The third-order valence-corrected chi connectivity index (χ3v) is 14.3. The van der Waals surface area contributed by atoms with Crippen molar-refractivity contribution in [3.63, 3.8) is 0 Å². The molecule has 9 nitrogen and oxygen atoms in total. The maximum absolute atomic E-state index is 16.6. The number of rotatable bonds is 11. The average Bonchev–Trinajstić information content (AvgIpc) is 3.55. The first kappa shape index (κ1) is 39.1. The van der Waals surface area contributed by atoms with E-state index in [0.717, 1.165) is 48.9 Å². The number of allylic oxidation sites excluding steroid dienone is 3. The standard InChI is InChI=1S/C42H57FN4O5Si/c1-27(2)11-9-12-28(3)18-20-46-36-17-16-33(45-40(50)31-15-10-19-44-24-31)22-35(36)42(41(46)51)29(4)39(53(5,6)43)37(52-42)23-38(49)47-25-32-14-8-7-13-30(32)21-34(47)26-48/h7-8,11,13-14,16-18,22,29,31,34,37,39,44,48H,9-10,12,15,19-21,23-26H2,1-6H3,(H,45,50)/b28-18+/t29-,31?,34-,37+,39-,42+/m0/s1. The smallest absolute Gasteiger partial charge is 0.264 e. The number of fused-ring (bicyclic) bond motifs is 3. The van der Waals surface area contributed by atoms with Gasteiger partial charge in [-0.25, -0.2) is 0 Å². The second kappa shape index (κ2) is 16.0. The zero-order valence-corrected chi connectivity index (χ0v) is 33.2. The number of nitrogens with one attached hydrogen (secondary N) is 2. The lowest BCUT2D eigenvalue weighted by Crippen LogP contribution is -2.48. The van der Waals surface area contributed by atoms with Crippen molar-refractivity contribution in [3.05, 3.63) is 82.5 Å². The fraction of sp³-hybridized carbons (Fsp3) is 0.548. The number of aliphatic hydroxyl groups excluding tert-OH is 1. The number of benzene rings is 2. The number of hydrogen-bond donors (Lipinski definition) is 3. The third kappa shape index (κ3) is 7.95. The topological polar surface area (TPSA) is 111 Å². The van der Waals surface area contributed by atoms with Crippen LogP contribution < -0.4 is 15.5 Å². The van der Waals surface area contributed by atoms with Gasteiger partial charge in [-0.05, 0) is 102 Å². The number of aliphatic hydroxyl groups is 1. The highest BCUT2D eigenvalue weighted by molar-refractivity contribution is 6.72. The van der Waals surface area contributed by atoms with Gasteiger partial charge in [0.25, 0.3) is 5.91 Å². The van der Waals surface area contributed by atoms with Crippen LogP contribution in [-0.2, 0) is 37.7 Å². The van der Waals surface area contributed by atoms with Gasteiger partial charge in [-0.2, -0.15) is 0 Å².